The van der Waals surface area contributed by atoms with Gasteiger partial charge in [-0.3, -0.25) is 4.79 Å². The quantitative estimate of drug-likeness (QED) is 0.483. The molecule has 150 valence electrons. The van der Waals surface area contributed by atoms with E-state index in [-0.39, 0.29) is 5.91 Å². The van der Waals surface area contributed by atoms with Crippen molar-refractivity contribution in [3.8, 4) is 11.5 Å². The molecule has 0 atom stereocenters. The zero-order valence-electron chi connectivity index (χ0n) is 16.6. The molecule has 0 saturated heterocycles. The maximum atomic E-state index is 12.9. The van der Waals surface area contributed by atoms with Crippen LogP contribution >= 0.6 is 11.6 Å². The first-order valence-corrected chi connectivity index (χ1v) is 10.3. The summed E-state index contributed by atoms with van der Waals surface area (Å²) in [6, 6.07) is 19.7. The molecule has 0 bridgehead atoms. The molecular weight excluding hydrogens is 396 g/mol. The second-order valence-electron chi connectivity index (χ2n) is 7.59. The highest BCUT2D eigenvalue weighted by molar-refractivity contribution is 6.30. The molecule has 0 radical (unpaired) electrons. The lowest BCUT2D eigenvalue weighted by atomic mass is 10.1. The molecule has 30 heavy (non-hydrogen) atoms. The Morgan fingerprint density at radius 1 is 1.00 bits per heavy atom. The summed E-state index contributed by atoms with van der Waals surface area (Å²) in [5.41, 5.74) is 5.22. The van der Waals surface area contributed by atoms with E-state index in [0.29, 0.717) is 24.5 Å². The minimum atomic E-state index is 0.0937. The van der Waals surface area contributed by atoms with Gasteiger partial charge in [-0.25, -0.2) is 4.68 Å². The highest BCUT2D eigenvalue weighted by atomic mass is 35.5. The van der Waals surface area contributed by atoms with Crippen molar-refractivity contribution < 1.29 is 4.79 Å². The Balaban J connectivity index is 1.47. The first-order chi connectivity index (χ1) is 14.6. The fourth-order valence-electron chi connectivity index (χ4n) is 3.98. The van der Waals surface area contributed by atoms with E-state index >= 15 is 0 Å². The summed E-state index contributed by atoms with van der Waals surface area (Å²) >= 11 is 5.96. The van der Waals surface area contributed by atoms with E-state index in [1.807, 2.05) is 70.5 Å². The number of hydrogen-bond donors (Lipinski definition) is 0. The highest BCUT2D eigenvalue weighted by Crippen LogP contribution is 2.31. The molecule has 6 heteroatoms. The van der Waals surface area contributed by atoms with Gasteiger partial charge in [0.1, 0.15) is 5.82 Å². The van der Waals surface area contributed by atoms with Gasteiger partial charge in [-0.05, 0) is 48.4 Å². The van der Waals surface area contributed by atoms with Gasteiger partial charge in [0.25, 0.3) is 0 Å². The Morgan fingerprint density at radius 3 is 2.47 bits per heavy atom. The number of hydrogen-bond acceptors (Lipinski definition) is 2. The van der Waals surface area contributed by atoms with Crippen LogP contribution in [-0.4, -0.2) is 25.2 Å². The summed E-state index contributed by atoms with van der Waals surface area (Å²) in [7, 11) is 0. The molecule has 0 fully saturated rings. The molecule has 0 spiro atoms. The SMILES string of the molecule is Cc1ccccc1-n1nc2c(c1-n1cccc1)CN(C(=O)Cc1ccc(Cl)cc1)C2. The maximum Gasteiger partial charge on any atom is 0.227 e. The van der Waals surface area contributed by atoms with Crippen LogP contribution in [0.1, 0.15) is 22.4 Å². The van der Waals surface area contributed by atoms with Gasteiger partial charge in [-0.15, -0.1) is 0 Å². The minimum absolute atomic E-state index is 0.0937. The lowest BCUT2D eigenvalue weighted by Gasteiger charge is -2.18. The van der Waals surface area contributed by atoms with Gasteiger partial charge in [0.2, 0.25) is 5.91 Å². The third kappa shape index (κ3) is 3.31. The standard InChI is InChI=1S/C24H21ClN4O/c1-17-6-2-3-7-22(17)29-24(27-12-4-5-13-27)20-15-28(16-21(20)26-29)23(30)14-18-8-10-19(25)11-9-18/h2-13H,14-16H2,1H3. The Hall–Kier alpha value is -3.31. The molecule has 0 N–H and O–H groups in total. The molecule has 1 aliphatic heterocycles. The van der Waals surface area contributed by atoms with Crippen LogP contribution in [0.2, 0.25) is 5.02 Å². The van der Waals surface area contributed by atoms with E-state index in [4.69, 9.17) is 16.7 Å². The monoisotopic (exact) mass is 416 g/mol. The molecule has 0 aliphatic carbocycles. The highest BCUT2D eigenvalue weighted by Gasteiger charge is 2.31. The third-order valence-electron chi connectivity index (χ3n) is 5.54. The van der Waals surface area contributed by atoms with Crippen LogP contribution in [0, 0.1) is 6.92 Å². The van der Waals surface area contributed by atoms with Crippen molar-refractivity contribution in [1.82, 2.24) is 19.2 Å². The third-order valence-corrected chi connectivity index (χ3v) is 5.80. The molecule has 1 aliphatic rings. The van der Waals surface area contributed by atoms with Crippen LogP contribution in [0.5, 0.6) is 0 Å². The van der Waals surface area contributed by atoms with Crippen LogP contribution in [-0.2, 0) is 24.3 Å². The fourth-order valence-corrected chi connectivity index (χ4v) is 4.10. The Morgan fingerprint density at radius 2 is 1.73 bits per heavy atom. The van der Waals surface area contributed by atoms with E-state index in [1.54, 1.807) is 0 Å². The van der Waals surface area contributed by atoms with Gasteiger partial charge in [-0.1, -0.05) is 41.9 Å². The maximum absolute atomic E-state index is 12.9. The number of carbonyl (C=O) groups excluding carboxylic acids is 1. The number of carbonyl (C=O) groups is 1. The van der Waals surface area contributed by atoms with Crippen LogP contribution < -0.4 is 0 Å². The summed E-state index contributed by atoms with van der Waals surface area (Å²) in [5.74, 6) is 1.09. The molecule has 2 aromatic carbocycles. The number of fused-ring (bicyclic) bond motifs is 1. The smallest absolute Gasteiger partial charge is 0.227 e. The van der Waals surface area contributed by atoms with E-state index in [9.17, 15) is 4.79 Å². The number of benzene rings is 2. The van der Waals surface area contributed by atoms with Crippen molar-refractivity contribution in [3.63, 3.8) is 0 Å². The van der Waals surface area contributed by atoms with Crippen LogP contribution in [0.3, 0.4) is 0 Å². The van der Waals surface area contributed by atoms with Gasteiger partial charge in [0.15, 0.2) is 0 Å². The van der Waals surface area contributed by atoms with Crippen molar-refractivity contribution in [2.45, 2.75) is 26.4 Å². The van der Waals surface area contributed by atoms with Gasteiger partial charge < -0.3 is 9.47 Å². The van der Waals surface area contributed by atoms with Crippen LogP contribution in [0.15, 0.2) is 73.1 Å². The van der Waals surface area contributed by atoms with Gasteiger partial charge in [0, 0.05) is 23.0 Å². The van der Waals surface area contributed by atoms with Crippen molar-refractivity contribution in [1.29, 1.82) is 0 Å². The zero-order valence-corrected chi connectivity index (χ0v) is 17.4. The molecule has 4 aromatic rings. The molecule has 5 nitrogen and oxygen atoms in total. The number of nitrogens with zero attached hydrogens (tertiary/aromatic N) is 4. The van der Waals surface area contributed by atoms with Crippen LogP contribution in [0.4, 0.5) is 0 Å². The number of para-hydroxylation sites is 1. The average Bonchev–Trinajstić information content (AvgIpc) is 3.46. The topological polar surface area (TPSA) is 43.1 Å². The average molecular weight is 417 g/mol. The lowest BCUT2D eigenvalue weighted by molar-refractivity contribution is -0.131. The molecular formula is C24H21ClN4O. The molecule has 3 heterocycles. The van der Waals surface area contributed by atoms with E-state index in [1.165, 1.54) is 0 Å². The predicted molar refractivity (Wildman–Crippen MR) is 117 cm³/mol. The summed E-state index contributed by atoms with van der Waals surface area (Å²) in [4.78, 5) is 14.8. The first-order valence-electron chi connectivity index (χ1n) is 9.92. The van der Waals surface area contributed by atoms with Crippen molar-refractivity contribution in [2.75, 3.05) is 0 Å². The van der Waals surface area contributed by atoms with Crippen LogP contribution in [0.25, 0.3) is 11.5 Å². The van der Waals surface area contributed by atoms with Gasteiger partial charge in [0.05, 0.1) is 30.9 Å². The Bertz CT molecular complexity index is 1210. The van der Waals surface area contributed by atoms with Crippen molar-refractivity contribution in [2.24, 2.45) is 0 Å². The molecule has 0 unspecified atom stereocenters. The van der Waals surface area contributed by atoms with E-state index < -0.39 is 0 Å². The molecule has 5 rings (SSSR count). The summed E-state index contributed by atoms with van der Waals surface area (Å²) in [6.45, 7) is 3.17. The number of aryl methyl sites for hydroxylation is 1. The molecule has 1 amide bonds. The number of rotatable bonds is 4. The van der Waals surface area contributed by atoms with Gasteiger partial charge in [-0.2, -0.15) is 5.10 Å². The van der Waals surface area contributed by atoms with Gasteiger partial charge >= 0.3 is 0 Å². The van der Waals surface area contributed by atoms with Crippen molar-refractivity contribution in [3.05, 3.63) is 100 Å². The summed E-state index contributed by atoms with van der Waals surface area (Å²) in [5, 5.41) is 5.59. The summed E-state index contributed by atoms with van der Waals surface area (Å²) < 4.78 is 4.08. The normalized spacial score (nSPS) is 12.9. The first kappa shape index (κ1) is 18.7. The Kier molecular flexibility index (Phi) is 4.68. The number of halogens is 1. The molecule has 2 aromatic heterocycles. The minimum Gasteiger partial charge on any atom is -0.332 e. The predicted octanol–water partition coefficient (Wildman–Crippen LogP) is 4.71. The van der Waals surface area contributed by atoms with E-state index in [2.05, 4.69) is 23.6 Å². The second kappa shape index (κ2) is 7.50. The Labute approximate surface area is 180 Å². The second-order valence-corrected chi connectivity index (χ2v) is 8.03. The molecule has 0 saturated carbocycles. The zero-order chi connectivity index (χ0) is 20.7. The summed E-state index contributed by atoms with van der Waals surface area (Å²) in [6.07, 6.45) is 4.40. The largest absolute Gasteiger partial charge is 0.332 e. The van der Waals surface area contributed by atoms with E-state index in [0.717, 1.165) is 33.9 Å². The lowest BCUT2D eigenvalue weighted by Crippen LogP contribution is -2.28. The fraction of sp³-hybridized carbons (Fsp3) is 0.167. The number of amides is 1. The van der Waals surface area contributed by atoms with Crippen molar-refractivity contribution >= 4 is 17.5 Å². The number of aromatic nitrogens is 3.